The Bertz CT molecular complexity index is 286. The topological polar surface area (TPSA) is 49.9 Å². The van der Waals surface area contributed by atoms with Crippen LogP contribution in [0.4, 0.5) is 0 Å². The van der Waals surface area contributed by atoms with Gasteiger partial charge >= 0.3 is 0 Å². The van der Waals surface area contributed by atoms with Gasteiger partial charge in [-0.05, 0) is 12.8 Å². The molecule has 2 heterocycles. The lowest BCUT2D eigenvalue weighted by atomic mass is 10.00. The van der Waals surface area contributed by atoms with Gasteiger partial charge in [-0.3, -0.25) is 14.5 Å². The smallest absolute Gasteiger partial charge is 0.229 e. The molecule has 0 aliphatic carbocycles. The molecule has 4 heteroatoms. The Labute approximate surface area is 89.6 Å². The van der Waals surface area contributed by atoms with Crippen molar-refractivity contribution in [2.45, 2.75) is 51.2 Å². The summed E-state index contributed by atoms with van der Waals surface area (Å²) < 4.78 is 5.62. The maximum Gasteiger partial charge on any atom is 0.229 e. The number of nitrogens with zero attached hydrogens (tertiary/aromatic N) is 1. The van der Waals surface area contributed by atoms with E-state index in [4.69, 9.17) is 4.74 Å². The molecule has 2 saturated heterocycles. The number of hydrogen-bond acceptors (Lipinski definition) is 3. The number of epoxide rings is 1. The van der Waals surface area contributed by atoms with Gasteiger partial charge in [-0.2, -0.15) is 0 Å². The summed E-state index contributed by atoms with van der Waals surface area (Å²) in [6.45, 7) is 4.57. The van der Waals surface area contributed by atoms with Crippen LogP contribution in [0.2, 0.25) is 0 Å². The highest BCUT2D eigenvalue weighted by atomic mass is 16.6. The second kappa shape index (κ2) is 3.59. The van der Waals surface area contributed by atoms with Crippen molar-refractivity contribution in [1.29, 1.82) is 0 Å². The van der Waals surface area contributed by atoms with Crippen molar-refractivity contribution in [3.8, 4) is 0 Å². The van der Waals surface area contributed by atoms with E-state index < -0.39 is 0 Å². The molecule has 2 fully saturated rings. The number of carbonyl (C=O) groups is 2. The van der Waals surface area contributed by atoms with Crippen molar-refractivity contribution < 1.29 is 14.3 Å². The molecule has 4 nitrogen and oxygen atoms in total. The monoisotopic (exact) mass is 211 g/mol. The summed E-state index contributed by atoms with van der Waals surface area (Å²) in [6, 6.07) is 0. The summed E-state index contributed by atoms with van der Waals surface area (Å²) >= 11 is 0. The Morgan fingerprint density at radius 1 is 1.33 bits per heavy atom. The van der Waals surface area contributed by atoms with Crippen molar-refractivity contribution >= 4 is 11.8 Å². The van der Waals surface area contributed by atoms with Gasteiger partial charge in [0.2, 0.25) is 11.8 Å². The Hall–Kier alpha value is -0.900. The predicted octanol–water partition coefficient (Wildman–Crippen LogP) is 1.09. The first-order valence-corrected chi connectivity index (χ1v) is 5.64. The first kappa shape index (κ1) is 10.6. The largest absolute Gasteiger partial charge is 0.364 e. The summed E-state index contributed by atoms with van der Waals surface area (Å²) in [6.07, 6.45) is 2.78. The van der Waals surface area contributed by atoms with Gasteiger partial charge in [0.1, 0.15) is 5.60 Å². The second-order valence-electron chi connectivity index (χ2n) is 4.31. The summed E-state index contributed by atoms with van der Waals surface area (Å²) in [4.78, 5) is 24.3. The number of hydrogen-bond donors (Lipinski definition) is 0. The van der Waals surface area contributed by atoms with E-state index in [-0.39, 0.29) is 23.5 Å². The van der Waals surface area contributed by atoms with E-state index in [9.17, 15) is 9.59 Å². The highest BCUT2D eigenvalue weighted by Gasteiger charge is 2.56. The lowest BCUT2D eigenvalue weighted by Gasteiger charge is -2.18. The van der Waals surface area contributed by atoms with Crippen LogP contribution in [0.1, 0.15) is 39.5 Å². The van der Waals surface area contributed by atoms with E-state index >= 15 is 0 Å². The molecule has 0 bridgehead atoms. The van der Waals surface area contributed by atoms with Gasteiger partial charge in [0.05, 0.1) is 12.6 Å². The number of amides is 2. The molecule has 2 rings (SSSR count). The van der Waals surface area contributed by atoms with E-state index in [1.807, 2.05) is 6.92 Å². The lowest BCUT2D eigenvalue weighted by molar-refractivity contribution is -0.139. The molecule has 2 amide bonds. The number of rotatable bonds is 4. The average Bonchev–Trinajstić information content (AvgIpc) is 2.88. The molecule has 2 aliphatic rings. The molecule has 2 atom stereocenters. The van der Waals surface area contributed by atoms with Crippen LogP contribution in [-0.4, -0.2) is 35.0 Å². The van der Waals surface area contributed by atoms with Gasteiger partial charge in [-0.15, -0.1) is 0 Å². The van der Waals surface area contributed by atoms with Crippen LogP contribution in [0.5, 0.6) is 0 Å². The Morgan fingerprint density at radius 3 is 2.33 bits per heavy atom. The van der Waals surface area contributed by atoms with Crippen LogP contribution in [-0.2, 0) is 14.3 Å². The first-order chi connectivity index (χ1) is 7.13. The van der Waals surface area contributed by atoms with Crippen LogP contribution < -0.4 is 0 Å². The van der Waals surface area contributed by atoms with Gasteiger partial charge in [0.25, 0.3) is 0 Å². The minimum Gasteiger partial charge on any atom is -0.364 e. The van der Waals surface area contributed by atoms with E-state index in [1.165, 1.54) is 4.90 Å². The van der Waals surface area contributed by atoms with Gasteiger partial charge < -0.3 is 4.74 Å². The van der Waals surface area contributed by atoms with Gasteiger partial charge in [-0.25, -0.2) is 0 Å². The molecule has 0 spiro atoms. The number of imide groups is 1. The van der Waals surface area contributed by atoms with Crippen LogP contribution >= 0.6 is 0 Å². The fraction of sp³-hybridized carbons (Fsp3) is 0.818. The zero-order valence-corrected chi connectivity index (χ0v) is 9.28. The SMILES string of the molecule is CCC1OC1(CC)CN1C(=O)CCC1=O. The number of likely N-dealkylation sites (tertiary alicyclic amines) is 1. The zero-order valence-electron chi connectivity index (χ0n) is 9.28. The predicted molar refractivity (Wildman–Crippen MR) is 54.1 cm³/mol. The van der Waals surface area contributed by atoms with E-state index in [1.54, 1.807) is 0 Å². The fourth-order valence-corrected chi connectivity index (χ4v) is 2.33. The van der Waals surface area contributed by atoms with Crippen molar-refractivity contribution in [3.63, 3.8) is 0 Å². The van der Waals surface area contributed by atoms with E-state index in [0.29, 0.717) is 19.4 Å². The van der Waals surface area contributed by atoms with Gasteiger partial charge in [0.15, 0.2) is 0 Å². The Kier molecular flexibility index (Phi) is 2.54. The number of ether oxygens (including phenoxy) is 1. The molecule has 15 heavy (non-hydrogen) atoms. The van der Waals surface area contributed by atoms with Crippen LogP contribution in [0, 0.1) is 0 Å². The van der Waals surface area contributed by atoms with Crippen LogP contribution in [0.25, 0.3) is 0 Å². The molecular weight excluding hydrogens is 194 g/mol. The van der Waals surface area contributed by atoms with Crippen molar-refractivity contribution in [2.24, 2.45) is 0 Å². The normalized spacial score (nSPS) is 35.1. The molecule has 0 aromatic heterocycles. The maximum atomic E-state index is 11.5. The van der Waals surface area contributed by atoms with Crippen molar-refractivity contribution in [2.75, 3.05) is 6.54 Å². The summed E-state index contributed by atoms with van der Waals surface area (Å²) in [5.74, 6) is -0.0867. The first-order valence-electron chi connectivity index (χ1n) is 5.64. The average molecular weight is 211 g/mol. The zero-order chi connectivity index (χ0) is 11.1. The minimum absolute atomic E-state index is 0.0434. The molecule has 0 radical (unpaired) electrons. The highest BCUT2D eigenvalue weighted by Crippen LogP contribution is 2.42. The standard InChI is InChI=1S/C11H17NO3/c1-3-8-11(4-2,15-8)7-12-9(13)5-6-10(12)14/h8H,3-7H2,1-2H3. The molecule has 2 aliphatic heterocycles. The van der Waals surface area contributed by atoms with Crippen LogP contribution in [0.3, 0.4) is 0 Å². The summed E-state index contributed by atoms with van der Waals surface area (Å²) in [7, 11) is 0. The molecule has 0 saturated carbocycles. The van der Waals surface area contributed by atoms with Crippen LogP contribution in [0.15, 0.2) is 0 Å². The Balaban J connectivity index is 2.02. The third kappa shape index (κ3) is 1.67. The molecule has 84 valence electrons. The summed E-state index contributed by atoms with van der Waals surface area (Å²) in [5.41, 5.74) is -0.232. The molecule has 0 aromatic rings. The molecule has 0 N–H and O–H groups in total. The summed E-state index contributed by atoms with van der Waals surface area (Å²) in [5, 5.41) is 0. The third-order valence-electron chi connectivity index (χ3n) is 3.46. The van der Waals surface area contributed by atoms with E-state index in [0.717, 1.165) is 12.8 Å². The van der Waals surface area contributed by atoms with Gasteiger partial charge in [0, 0.05) is 12.8 Å². The van der Waals surface area contributed by atoms with Gasteiger partial charge in [-0.1, -0.05) is 13.8 Å². The Morgan fingerprint density at radius 2 is 1.93 bits per heavy atom. The molecular formula is C11H17NO3. The highest BCUT2D eigenvalue weighted by molar-refractivity contribution is 6.02. The third-order valence-corrected chi connectivity index (χ3v) is 3.46. The maximum absolute atomic E-state index is 11.5. The second-order valence-corrected chi connectivity index (χ2v) is 4.31. The molecule has 0 aromatic carbocycles. The minimum atomic E-state index is -0.232. The van der Waals surface area contributed by atoms with Crippen molar-refractivity contribution in [1.82, 2.24) is 4.90 Å². The fourth-order valence-electron chi connectivity index (χ4n) is 2.33. The van der Waals surface area contributed by atoms with E-state index in [2.05, 4.69) is 6.92 Å². The quantitative estimate of drug-likeness (QED) is 0.516. The van der Waals surface area contributed by atoms with Crippen molar-refractivity contribution in [3.05, 3.63) is 0 Å². The number of carbonyl (C=O) groups excluding carboxylic acids is 2. The lowest BCUT2D eigenvalue weighted by Crippen LogP contribution is -2.39. The molecule has 2 unspecified atom stereocenters.